The monoisotopic (exact) mass is 242 g/mol. The molecule has 2 nitrogen and oxygen atoms in total. The summed E-state index contributed by atoms with van der Waals surface area (Å²) in [5.41, 5.74) is 1.65. The Hall–Kier alpha value is -0.670. The van der Waals surface area contributed by atoms with Gasteiger partial charge in [0.15, 0.2) is 5.15 Å². The quantitative estimate of drug-likeness (QED) is 0.711. The average molecular weight is 243 g/mol. The Balaban J connectivity index is 2.84. The third-order valence-corrected chi connectivity index (χ3v) is 2.53. The minimum Gasteiger partial charge on any atom is -0.236 e. The summed E-state index contributed by atoms with van der Waals surface area (Å²) in [6.07, 6.45) is 0. The van der Waals surface area contributed by atoms with Gasteiger partial charge in [0.05, 0.1) is 11.0 Å². The van der Waals surface area contributed by atoms with Crippen LogP contribution in [-0.2, 0) is 0 Å². The van der Waals surface area contributed by atoms with Crippen LogP contribution >= 0.6 is 27.5 Å². The number of rotatable bonds is 0. The number of para-hydroxylation sites is 2. The molecule has 0 fully saturated rings. The van der Waals surface area contributed by atoms with E-state index in [9.17, 15) is 0 Å². The number of fused-ring (bicyclic) bond motifs is 1. The van der Waals surface area contributed by atoms with Crippen molar-refractivity contribution < 1.29 is 0 Å². The molecule has 60 valence electrons. The number of benzene rings is 1. The van der Waals surface area contributed by atoms with Gasteiger partial charge in [0, 0.05) is 0 Å². The van der Waals surface area contributed by atoms with Crippen molar-refractivity contribution in [2.45, 2.75) is 0 Å². The van der Waals surface area contributed by atoms with Crippen molar-refractivity contribution in [2.75, 3.05) is 0 Å². The van der Waals surface area contributed by atoms with Crippen LogP contribution in [0.15, 0.2) is 28.9 Å². The van der Waals surface area contributed by atoms with E-state index in [0.717, 1.165) is 11.0 Å². The predicted octanol–water partition coefficient (Wildman–Crippen LogP) is 3.05. The molecule has 0 unspecified atom stereocenters. The lowest BCUT2D eigenvalue weighted by Crippen LogP contribution is -1.85. The zero-order valence-electron chi connectivity index (χ0n) is 5.96. The molecule has 1 aromatic heterocycles. The molecule has 0 aliphatic heterocycles. The molecule has 0 aliphatic carbocycles. The van der Waals surface area contributed by atoms with Crippen LogP contribution in [0, 0.1) is 0 Å². The maximum absolute atomic E-state index is 5.77. The van der Waals surface area contributed by atoms with Crippen molar-refractivity contribution in [3.05, 3.63) is 34.0 Å². The fourth-order valence-electron chi connectivity index (χ4n) is 0.957. The molecule has 2 rings (SSSR count). The van der Waals surface area contributed by atoms with Crippen LogP contribution in [-0.4, -0.2) is 9.97 Å². The Labute approximate surface area is 82.7 Å². The number of halogens is 2. The Morgan fingerprint density at radius 3 is 2.33 bits per heavy atom. The molecule has 0 aliphatic rings. The molecule has 0 saturated carbocycles. The number of aromatic nitrogens is 2. The molecule has 0 N–H and O–H groups in total. The van der Waals surface area contributed by atoms with Crippen LogP contribution in [0.1, 0.15) is 0 Å². The molecule has 0 bridgehead atoms. The highest BCUT2D eigenvalue weighted by Crippen LogP contribution is 2.20. The van der Waals surface area contributed by atoms with E-state index in [4.69, 9.17) is 11.6 Å². The first kappa shape index (κ1) is 7.95. The van der Waals surface area contributed by atoms with Gasteiger partial charge in [-0.1, -0.05) is 23.7 Å². The van der Waals surface area contributed by atoms with E-state index in [1.807, 2.05) is 24.3 Å². The lowest BCUT2D eigenvalue weighted by Gasteiger charge is -1.97. The van der Waals surface area contributed by atoms with E-state index < -0.39 is 0 Å². The SMILES string of the molecule is Clc1nc2ccccc2nc1Br. The largest absolute Gasteiger partial charge is 0.236 e. The van der Waals surface area contributed by atoms with Gasteiger partial charge in [-0.3, -0.25) is 0 Å². The Morgan fingerprint density at radius 1 is 1.08 bits per heavy atom. The van der Waals surface area contributed by atoms with Crippen molar-refractivity contribution in [1.29, 1.82) is 0 Å². The van der Waals surface area contributed by atoms with Crippen LogP contribution in [0.4, 0.5) is 0 Å². The Kier molecular flexibility index (Phi) is 1.98. The molecule has 0 saturated heterocycles. The van der Waals surface area contributed by atoms with Crippen LogP contribution in [0.2, 0.25) is 5.15 Å². The molecule has 1 heterocycles. The first-order chi connectivity index (χ1) is 5.77. The standard InChI is InChI=1S/C8H4BrClN2/c9-7-8(10)12-6-4-2-1-3-5(6)11-7/h1-4H. The topological polar surface area (TPSA) is 25.8 Å². The van der Waals surface area contributed by atoms with Gasteiger partial charge in [-0.15, -0.1) is 0 Å². The van der Waals surface area contributed by atoms with E-state index in [1.54, 1.807) is 0 Å². The molecule has 1 aromatic carbocycles. The second kappa shape index (κ2) is 2.99. The Bertz CT molecular complexity index is 390. The fraction of sp³-hybridized carbons (Fsp3) is 0. The number of hydrogen-bond acceptors (Lipinski definition) is 2. The molecule has 4 heteroatoms. The zero-order chi connectivity index (χ0) is 8.55. The summed E-state index contributed by atoms with van der Waals surface area (Å²) in [5, 5.41) is 0.397. The van der Waals surface area contributed by atoms with Gasteiger partial charge < -0.3 is 0 Å². The highest BCUT2D eigenvalue weighted by Gasteiger charge is 2.01. The van der Waals surface area contributed by atoms with Gasteiger partial charge in [0.2, 0.25) is 0 Å². The lowest BCUT2D eigenvalue weighted by atomic mass is 10.3. The van der Waals surface area contributed by atoms with Crippen molar-refractivity contribution in [3.8, 4) is 0 Å². The number of hydrogen-bond donors (Lipinski definition) is 0. The van der Waals surface area contributed by atoms with E-state index in [1.165, 1.54) is 0 Å². The maximum Gasteiger partial charge on any atom is 0.162 e. The minimum absolute atomic E-state index is 0.397. The summed E-state index contributed by atoms with van der Waals surface area (Å²) in [5.74, 6) is 0. The molecular weight excluding hydrogens is 239 g/mol. The lowest BCUT2D eigenvalue weighted by molar-refractivity contribution is 1.25. The molecule has 0 atom stereocenters. The van der Waals surface area contributed by atoms with Crippen LogP contribution in [0.5, 0.6) is 0 Å². The summed E-state index contributed by atoms with van der Waals surface area (Å²) in [7, 11) is 0. The van der Waals surface area contributed by atoms with Crippen molar-refractivity contribution in [3.63, 3.8) is 0 Å². The summed E-state index contributed by atoms with van der Waals surface area (Å²) < 4.78 is 0.586. The first-order valence-electron chi connectivity index (χ1n) is 3.35. The van der Waals surface area contributed by atoms with Gasteiger partial charge in [0.1, 0.15) is 4.60 Å². The zero-order valence-corrected chi connectivity index (χ0v) is 8.30. The summed E-state index contributed by atoms with van der Waals surface area (Å²) in [6.45, 7) is 0. The summed E-state index contributed by atoms with van der Waals surface area (Å²) in [4.78, 5) is 8.33. The van der Waals surface area contributed by atoms with Crippen molar-refractivity contribution in [1.82, 2.24) is 9.97 Å². The highest BCUT2D eigenvalue weighted by molar-refractivity contribution is 9.10. The molecule has 0 radical (unpaired) electrons. The van der Waals surface area contributed by atoms with E-state index in [-0.39, 0.29) is 0 Å². The van der Waals surface area contributed by atoms with Crippen molar-refractivity contribution >= 4 is 38.6 Å². The first-order valence-corrected chi connectivity index (χ1v) is 4.52. The molecule has 12 heavy (non-hydrogen) atoms. The second-order valence-electron chi connectivity index (χ2n) is 2.29. The van der Waals surface area contributed by atoms with Crippen LogP contribution in [0.3, 0.4) is 0 Å². The van der Waals surface area contributed by atoms with E-state index >= 15 is 0 Å². The third kappa shape index (κ3) is 1.30. The third-order valence-electron chi connectivity index (χ3n) is 1.49. The summed E-state index contributed by atoms with van der Waals surface area (Å²) in [6, 6.07) is 7.59. The molecule has 0 spiro atoms. The highest BCUT2D eigenvalue weighted by atomic mass is 79.9. The van der Waals surface area contributed by atoms with Gasteiger partial charge in [-0.25, -0.2) is 9.97 Å². The molecule has 0 amide bonds. The normalized spacial score (nSPS) is 10.5. The predicted molar refractivity (Wildman–Crippen MR) is 52.2 cm³/mol. The van der Waals surface area contributed by atoms with Crippen LogP contribution < -0.4 is 0 Å². The average Bonchev–Trinajstić information content (AvgIpc) is 2.07. The molecular formula is C8H4BrClN2. The summed E-state index contributed by atoms with van der Waals surface area (Å²) >= 11 is 8.98. The molecule has 2 aromatic rings. The van der Waals surface area contributed by atoms with Crippen LogP contribution in [0.25, 0.3) is 11.0 Å². The van der Waals surface area contributed by atoms with Gasteiger partial charge in [-0.05, 0) is 28.1 Å². The van der Waals surface area contributed by atoms with Crippen molar-refractivity contribution in [2.24, 2.45) is 0 Å². The van der Waals surface area contributed by atoms with E-state index in [2.05, 4.69) is 25.9 Å². The smallest absolute Gasteiger partial charge is 0.162 e. The van der Waals surface area contributed by atoms with E-state index in [0.29, 0.717) is 9.76 Å². The van der Waals surface area contributed by atoms with Gasteiger partial charge >= 0.3 is 0 Å². The minimum atomic E-state index is 0.397. The maximum atomic E-state index is 5.77. The van der Waals surface area contributed by atoms with Gasteiger partial charge in [-0.2, -0.15) is 0 Å². The second-order valence-corrected chi connectivity index (χ2v) is 3.40. The fourth-order valence-corrected chi connectivity index (χ4v) is 1.37. The Morgan fingerprint density at radius 2 is 1.67 bits per heavy atom. The number of nitrogens with zero attached hydrogens (tertiary/aromatic N) is 2. The van der Waals surface area contributed by atoms with Gasteiger partial charge in [0.25, 0.3) is 0 Å².